The summed E-state index contributed by atoms with van der Waals surface area (Å²) in [5.41, 5.74) is 0.575. The highest BCUT2D eigenvalue weighted by Gasteiger charge is 2.34. The Morgan fingerprint density at radius 3 is 2.39 bits per heavy atom. The van der Waals surface area contributed by atoms with E-state index in [4.69, 9.17) is 9.47 Å². The summed E-state index contributed by atoms with van der Waals surface area (Å²) in [4.78, 5) is 9.92. The number of hydrogen-bond donors (Lipinski definition) is 0. The molecule has 0 unspecified atom stereocenters. The van der Waals surface area contributed by atoms with Crippen molar-refractivity contribution in [3.8, 4) is 22.6 Å². The summed E-state index contributed by atoms with van der Waals surface area (Å²) in [6, 6.07) is 13.4. The van der Waals surface area contributed by atoms with Gasteiger partial charge in [0.2, 0.25) is 0 Å². The third-order valence-corrected chi connectivity index (χ3v) is 7.41. The van der Waals surface area contributed by atoms with Gasteiger partial charge >= 0.3 is 6.18 Å². The van der Waals surface area contributed by atoms with E-state index in [0.29, 0.717) is 35.2 Å². The molecule has 0 amide bonds. The van der Waals surface area contributed by atoms with Crippen LogP contribution in [0.25, 0.3) is 11.1 Å². The highest BCUT2D eigenvalue weighted by Crippen LogP contribution is 2.43. The number of ether oxygens (including phenoxy) is 2. The predicted octanol–water partition coefficient (Wildman–Crippen LogP) is 6.22. The molecule has 3 heterocycles. The van der Waals surface area contributed by atoms with Crippen LogP contribution in [0.2, 0.25) is 0 Å². The maximum atomic E-state index is 14.1. The molecule has 2 aliphatic heterocycles. The van der Waals surface area contributed by atoms with Crippen molar-refractivity contribution in [2.24, 2.45) is 0 Å². The fourth-order valence-corrected chi connectivity index (χ4v) is 5.50. The number of alkyl halides is 3. The average molecular weight is 516 g/mol. The van der Waals surface area contributed by atoms with Gasteiger partial charge in [0.25, 0.3) is 0 Å². The molecular formula is C27H28F3N3O2S. The summed E-state index contributed by atoms with van der Waals surface area (Å²) < 4.78 is 53.4. The lowest BCUT2D eigenvalue weighted by Crippen LogP contribution is -2.46. The minimum absolute atomic E-state index is 0.143. The normalized spacial score (nSPS) is 16.3. The Labute approximate surface area is 213 Å². The largest absolute Gasteiger partial charge is 0.486 e. The molecule has 0 spiro atoms. The lowest BCUT2D eigenvalue weighted by Gasteiger charge is -2.35. The van der Waals surface area contributed by atoms with Gasteiger partial charge in [-0.25, -0.2) is 4.98 Å². The number of rotatable bonds is 6. The van der Waals surface area contributed by atoms with E-state index in [-0.39, 0.29) is 4.90 Å². The monoisotopic (exact) mass is 515 g/mol. The zero-order valence-corrected chi connectivity index (χ0v) is 20.9. The predicted molar refractivity (Wildman–Crippen MR) is 135 cm³/mol. The summed E-state index contributed by atoms with van der Waals surface area (Å²) in [6.45, 7) is 7.78. The first-order chi connectivity index (χ1) is 17.4. The minimum atomic E-state index is -4.49. The Morgan fingerprint density at radius 1 is 0.889 bits per heavy atom. The van der Waals surface area contributed by atoms with Crippen LogP contribution in [0.1, 0.15) is 18.9 Å². The van der Waals surface area contributed by atoms with Crippen LogP contribution in [0.4, 0.5) is 19.0 Å². The van der Waals surface area contributed by atoms with Gasteiger partial charge in [-0.2, -0.15) is 13.2 Å². The van der Waals surface area contributed by atoms with Gasteiger partial charge < -0.3 is 14.4 Å². The Hall–Kier alpha value is -2.91. The molecule has 190 valence electrons. The lowest BCUT2D eigenvalue weighted by molar-refractivity contribution is -0.139. The van der Waals surface area contributed by atoms with Gasteiger partial charge in [-0.15, -0.1) is 0 Å². The number of hydrogen-bond acceptors (Lipinski definition) is 6. The van der Waals surface area contributed by atoms with Crippen LogP contribution < -0.4 is 14.4 Å². The first-order valence-corrected chi connectivity index (χ1v) is 12.9. The van der Waals surface area contributed by atoms with Gasteiger partial charge in [0, 0.05) is 42.2 Å². The van der Waals surface area contributed by atoms with Crippen LogP contribution in [0.5, 0.6) is 11.5 Å². The van der Waals surface area contributed by atoms with Crippen LogP contribution in [-0.2, 0) is 6.18 Å². The molecule has 3 aromatic rings. The number of aromatic nitrogens is 1. The first kappa shape index (κ1) is 24.8. The van der Waals surface area contributed by atoms with Crippen molar-refractivity contribution < 1.29 is 22.6 Å². The summed E-state index contributed by atoms with van der Waals surface area (Å²) in [5, 5.41) is 0. The molecule has 0 aliphatic carbocycles. The standard InChI is InChI=1S/C27H28F3N3O2S/c1-2-9-32-10-12-33(13-11-32)26-17-20(7-8-31-26)19-3-6-25(22(16-19)27(28,29)30)36-21-4-5-23-24(18-21)35-15-14-34-23/h3-8,16-18H,2,9-15H2,1H3. The Balaban J connectivity index is 1.39. The summed E-state index contributed by atoms with van der Waals surface area (Å²) >= 11 is 1.07. The number of nitrogens with zero attached hydrogens (tertiary/aromatic N) is 3. The fourth-order valence-electron chi connectivity index (χ4n) is 4.52. The highest BCUT2D eigenvalue weighted by molar-refractivity contribution is 7.99. The summed E-state index contributed by atoms with van der Waals surface area (Å²) in [6.07, 6.45) is -1.69. The minimum Gasteiger partial charge on any atom is -0.486 e. The molecule has 0 radical (unpaired) electrons. The van der Waals surface area contributed by atoms with E-state index in [0.717, 1.165) is 62.3 Å². The topological polar surface area (TPSA) is 37.8 Å². The van der Waals surface area contributed by atoms with Gasteiger partial charge in [-0.1, -0.05) is 24.8 Å². The van der Waals surface area contributed by atoms with E-state index in [2.05, 4.69) is 21.7 Å². The number of anilines is 1. The van der Waals surface area contributed by atoms with Crippen LogP contribution >= 0.6 is 11.8 Å². The van der Waals surface area contributed by atoms with Crippen LogP contribution in [-0.4, -0.2) is 55.8 Å². The quantitative estimate of drug-likeness (QED) is 0.388. The zero-order chi connectivity index (χ0) is 25.1. The molecule has 0 N–H and O–H groups in total. The highest BCUT2D eigenvalue weighted by atomic mass is 32.2. The molecule has 1 fully saturated rings. The van der Waals surface area contributed by atoms with E-state index in [1.807, 2.05) is 6.07 Å². The van der Waals surface area contributed by atoms with E-state index in [1.165, 1.54) is 6.07 Å². The van der Waals surface area contributed by atoms with E-state index in [9.17, 15) is 13.2 Å². The molecule has 0 bridgehead atoms. The van der Waals surface area contributed by atoms with Crippen molar-refractivity contribution >= 4 is 17.6 Å². The molecule has 5 rings (SSSR count). The number of fused-ring (bicyclic) bond motifs is 1. The molecule has 0 saturated carbocycles. The van der Waals surface area contributed by atoms with Gasteiger partial charge in [-0.3, -0.25) is 4.90 Å². The second kappa shape index (κ2) is 10.6. The molecule has 1 aromatic heterocycles. The smallest absolute Gasteiger partial charge is 0.417 e. The second-order valence-corrected chi connectivity index (χ2v) is 9.96. The molecule has 1 saturated heterocycles. The molecular weight excluding hydrogens is 487 g/mol. The third kappa shape index (κ3) is 5.57. The Morgan fingerprint density at radius 2 is 1.64 bits per heavy atom. The third-order valence-electron chi connectivity index (χ3n) is 6.34. The molecule has 36 heavy (non-hydrogen) atoms. The molecule has 0 atom stereocenters. The molecule has 2 aliphatic rings. The van der Waals surface area contributed by atoms with E-state index < -0.39 is 11.7 Å². The average Bonchev–Trinajstić information content (AvgIpc) is 2.89. The SMILES string of the molecule is CCCN1CCN(c2cc(-c3ccc(Sc4ccc5c(c4)OCCO5)c(C(F)(F)F)c3)ccn2)CC1. The van der Waals surface area contributed by atoms with Gasteiger partial charge in [-0.05, 0) is 66.6 Å². The van der Waals surface area contributed by atoms with Crippen molar-refractivity contribution in [3.63, 3.8) is 0 Å². The van der Waals surface area contributed by atoms with Crippen molar-refractivity contribution in [2.45, 2.75) is 29.3 Å². The van der Waals surface area contributed by atoms with Crippen molar-refractivity contribution in [3.05, 3.63) is 60.3 Å². The van der Waals surface area contributed by atoms with E-state index in [1.54, 1.807) is 42.6 Å². The molecule has 5 nitrogen and oxygen atoms in total. The van der Waals surface area contributed by atoms with Crippen LogP contribution in [0, 0.1) is 0 Å². The van der Waals surface area contributed by atoms with Gasteiger partial charge in [0.1, 0.15) is 19.0 Å². The number of benzene rings is 2. The Kier molecular flexibility index (Phi) is 7.29. The van der Waals surface area contributed by atoms with Crippen molar-refractivity contribution in [1.29, 1.82) is 0 Å². The summed E-state index contributed by atoms with van der Waals surface area (Å²) in [5.74, 6) is 1.96. The van der Waals surface area contributed by atoms with Crippen molar-refractivity contribution in [2.75, 3.05) is 50.8 Å². The Bertz CT molecular complexity index is 1210. The molecule has 9 heteroatoms. The second-order valence-electron chi connectivity index (χ2n) is 8.85. The maximum absolute atomic E-state index is 14.1. The van der Waals surface area contributed by atoms with Crippen LogP contribution in [0.3, 0.4) is 0 Å². The number of piperazine rings is 1. The van der Waals surface area contributed by atoms with Crippen molar-refractivity contribution in [1.82, 2.24) is 9.88 Å². The first-order valence-electron chi connectivity index (χ1n) is 12.1. The summed E-state index contributed by atoms with van der Waals surface area (Å²) in [7, 11) is 0. The van der Waals surface area contributed by atoms with Gasteiger partial charge in [0.15, 0.2) is 11.5 Å². The van der Waals surface area contributed by atoms with Crippen LogP contribution in [0.15, 0.2) is 64.5 Å². The van der Waals surface area contributed by atoms with E-state index >= 15 is 0 Å². The fraction of sp³-hybridized carbons (Fsp3) is 0.370. The number of halogens is 3. The zero-order valence-electron chi connectivity index (χ0n) is 20.1. The maximum Gasteiger partial charge on any atom is 0.417 e. The van der Waals surface area contributed by atoms with Gasteiger partial charge in [0.05, 0.1) is 5.56 Å². The number of pyridine rings is 1. The lowest BCUT2D eigenvalue weighted by atomic mass is 10.0. The molecule has 2 aromatic carbocycles.